The fourth-order valence-corrected chi connectivity index (χ4v) is 6.55. The van der Waals surface area contributed by atoms with Gasteiger partial charge < -0.3 is 14.2 Å². The number of ether oxygens (including phenoxy) is 1. The standard InChI is InChI=1S/C32H35ClN4O6S/c1-24(2)19-36(44(41,42)29-14-15-30(33)31(18-29)37(39)40)23-32(38)35(20-25-9-5-4-6-10-25)22-27-12-8-16-34(27)21-26-11-7-13-28(17-26)43-3/h4-18,24H,19-23H2,1-3H3. The second kappa shape index (κ2) is 14.5. The summed E-state index contributed by atoms with van der Waals surface area (Å²) in [4.78, 5) is 26.0. The van der Waals surface area contributed by atoms with Gasteiger partial charge in [0, 0.05) is 37.6 Å². The van der Waals surface area contributed by atoms with Crippen molar-refractivity contribution in [2.75, 3.05) is 20.2 Å². The number of carbonyl (C=O) groups excluding carboxylic acids is 1. The summed E-state index contributed by atoms with van der Waals surface area (Å²) in [5.41, 5.74) is 2.25. The van der Waals surface area contributed by atoms with Gasteiger partial charge in [0.15, 0.2) is 0 Å². The maximum Gasteiger partial charge on any atom is 0.289 e. The molecule has 0 aliphatic carbocycles. The van der Waals surface area contributed by atoms with Gasteiger partial charge in [-0.25, -0.2) is 8.42 Å². The van der Waals surface area contributed by atoms with E-state index in [0.29, 0.717) is 6.54 Å². The minimum absolute atomic E-state index is 0.0376. The Hall–Kier alpha value is -4.19. The summed E-state index contributed by atoms with van der Waals surface area (Å²) in [6.07, 6.45) is 1.93. The Morgan fingerprint density at radius 1 is 0.977 bits per heavy atom. The van der Waals surface area contributed by atoms with E-state index in [9.17, 15) is 23.3 Å². The number of methoxy groups -OCH3 is 1. The fraction of sp³-hybridized carbons (Fsp3) is 0.281. The van der Waals surface area contributed by atoms with Crippen LogP contribution in [0.1, 0.15) is 30.7 Å². The van der Waals surface area contributed by atoms with Crippen LogP contribution in [0.5, 0.6) is 5.75 Å². The van der Waals surface area contributed by atoms with E-state index in [1.54, 1.807) is 12.0 Å². The SMILES string of the molecule is COc1cccc(Cn2cccc2CN(Cc2ccccc2)C(=O)CN(CC(C)C)S(=O)(=O)c2ccc(Cl)c([N+](=O)[O-])c2)c1. The third kappa shape index (κ3) is 8.25. The number of hydrogen-bond acceptors (Lipinski definition) is 6. The molecule has 1 amide bonds. The third-order valence-corrected chi connectivity index (χ3v) is 9.09. The van der Waals surface area contributed by atoms with Crippen molar-refractivity contribution in [3.05, 3.63) is 123 Å². The van der Waals surface area contributed by atoms with Gasteiger partial charge >= 0.3 is 0 Å². The zero-order valence-electron chi connectivity index (χ0n) is 24.8. The first-order valence-electron chi connectivity index (χ1n) is 14.0. The average molecular weight is 639 g/mol. The number of aromatic nitrogens is 1. The van der Waals surface area contributed by atoms with Crippen molar-refractivity contribution in [1.29, 1.82) is 0 Å². The monoisotopic (exact) mass is 638 g/mol. The van der Waals surface area contributed by atoms with Crippen LogP contribution in [-0.2, 0) is 34.5 Å². The van der Waals surface area contributed by atoms with Crippen molar-refractivity contribution < 1.29 is 22.9 Å². The number of sulfonamides is 1. The molecule has 12 heteroatoms. The Bertz CT molecular complexity index is 1710. The second-order valence-electron chi connectivity index (χ2n) is 10.8. The minimum atomic E-state index is -4.28. The Morgan fingerprint density at radius 2 is 1.70 bits per heavy atom. The molecule has 0 unspecified atom stereocenters. The molecule has 0 atom stereocenters. The second-order valence-corrected chi connectivity index (χ2v) is 13.1. The van der Waals surface area contributed by atoms with Crippen molar-refractivity contribution in [2.45, 2.75) is 38.4 Å². The largest absolute Gasteiger partial charge is 0.497 e. The molecule has 1 heterocycles. The molecule has 0 saturated heterocycles. The summed E-state index contributed by atoms with van der Waals surface area (Å²) >= 11 is 5.94. The molecule has 10 nitrogen and oxygen atoms in total. The Labute approximate surface area is 262 Å². The van der Waals surface area contributed by atoms with Gasteiger partial charge in [0.25, 0.3) is 5.69 Å². The molecule has 0 radical (unpaired) electrons. The number of rotatable bonds is 14. The van der Waals surface area contributed by atoms with Gasteiger partial charge in [-0.2, -0.15) is 4.31 Å². The van der Waals surface area contributed by atoms with Crippen LogP contribution in [0.3, 0.4) is 0 Å². The lowest BCUT2D eigenvalue weighted by molar-refractivity contribution is -0.384. The first kappa shape index (κ1) is 32.7. The Balaban J connectivity index is 1.64. The van der Waals surface area contributed by atoms with Crippen LogP contribution in [0, 0.1) is 16.0 Å². The van der Waals surface area contributed by atoms with Crippen molar-refractivity contribution in [1.82, 2.24) is 13.8 Å². The molecule has 0 aliphatic rings. The Morgan fingerprint density at radius 3 is 2.39 bits per heavy atom. The molecule has 0 bridgehead atoms. The van der Waals surface area contributed by atoms with E-state index in [0.717, 1.165) is 32.9 Å². The van der Waals surface area contributed by atoms with E-state index in [-0.39, 0.29) is 35.5 Å². The molecule has 1 aromatic heterocycles. The van der Waals surface area contributed by atoms with Crippen LogP contribution in [0.15, 0.2) is 96.0 Å². The smallest absolute Gasteiger partial charge is 0.289 e. The first-order valence-corrected chi connectivity index (χ1v) is 15.8. The lowest BCUT2D eigenvalue weighted by Crippen LogP contribution is -2.44. The number of benzene rings is 3. The summed E-state index contributed by atoms with van der Waals surface area (Å²) in [5, 5.41) is 11.3. The van der Waals surface area contributed by atoms with Gasteiger partial charge in [-0.3, -0.25) is 14.9 Å². The number of halogens is 1. The van der Waals surface area contributed by atoms with Gasteiger partial charge in [-0.1, -0.05) is 67.9 Å². The van der Waals surface area contributed by atoms with Crippen LogP contribution in [0.2, 0.25) is 5.02 Å². The van der Waals surface area contributed by atoms with Crippen molar-refractivity contribution in [3.8, 4) is 5.75 Å². The molecule has 0 saturated carbocycles. The summed E-state index contributed by atoms with van der Waals surface area (Å²) in [5.74, 6) is 0.216. The van der Waals surface area contributed by atoms with E-state index in [4.69, 9.17) is 16.3 Å². The normalized spacial score (nSPS) is 11.6. The third-order valence-electron chi connectivity index (χ3n) is 6.96. The van der Waals surface area contributed by atoms with E-state index >= 15 is 0 Å². The van der Waals surface area contributed by atoms with Gasteiger partial charge in [0.2, 0.25) is 15.9 Å². The number of amides is 1. The fourth-order valence-electron chi connectivity index (χ4n) is 4.79. The highest BCUT2D eigenvalue weighted by atomic mass is 35.5. The maximum absolute atomic E-state index is 14.0. The molecule has 0 fully saturated rings. The number of hydrogen-bond donors (Lipinski definition) is 0. The van der Waals surface area contributed by atoms with E-state index in [2.05, 4.69) is 0 Å². The zero-order chi connectivity index (χ0) is 31.9. The molecule has 4 aromatic rings. The molecule has 3 aromatic carbocycles. The van der Waals surface area contributed by atoms with Gasteiger partial charge in [0.1, 0.15) is 10.8 Å². The topological polar surface area (TPSA) is 115 Å². The van der Waals surface area contributed by atoms with E-state index < -0.39 is 33.1 Å². The van der Waals surface area contributed by atoms with E-state index in [1.807, 2.05) is 91.3 Å². The molecule has 232 valence electrons. The number of carbonyl (C=O) groups is 1. The van der Waals surface area contributed by atoms with Gasteiger partial charge in [0.05, 0.1) is 30.0 Å². The predicted molar refractivity (Wildman–Crippen MR) is 169 cm³/mol. The molecular formula is C32H35ClN4O6S. The molecule has 0 spiro atoms. The first-order chi connectivity index (χ1) is 21.0. The van der Waals surface area contributed by atoms with Crippen molar-refractivity contribution in [3.63, 3.8) is 0 Å². The number of nitrogens with zero attached hydrogens (tertiary/aromatic N) is 4. The van der Waals surface area contributed by atoms with E-state index in [1.165, 1.54) is 12.1 Å². The van der Waals surface area contributed by atoms with Crippen LogP contribution in [0.4, 0.5) is 5.69 Å². The van der Waals surface area contributed by atoms with Gasteiger partial charge in [-0.05, 0) is 53.4 Å². The average Bonchev–Trinajstić information content (AvgIpc) is 3.42. The van der Waals surface area contributed by atoms with Crippen LogP contribution in [-0.4, -0.2) is 53.2 Å². The number of nitro benzene ring substituents is 1. The minimum Gasteiger partial charge on any atom is -0.497 e. The van der Waals surface area contributed by atoms with Crippen LogP contribution in [0.25, 0.3) is 0 Å². The highest BCUT2D eigenvalue weighted by Crippen LogP contribution is 2.29. The lowest BCUT2D eigenvalue weighted by Gasteiger charge is -2.29. The highest BCUT2D eigenvalue weighted by Gasteiger charge is 2.31. The molecule has 4 rings (SSSR count). The molecule has 0 N–H and O–H groups in total. The van der Waals surface area contributed by atoms with Crippen LogP contribution >= 0.6 is 11.6 Å². The quantitative estimate of drug-likeness (QED) is 0.124. The van der Waals surface area contributed by atoms with Gasteiger partial charge in [-0.15, -0.1) is 0 Å². The van der Waals surface area contributed by atoms with Crippen molar-refractivity contribution in [2.24, 2.45) is 5.92 Å². The highest BCUT2D eigenvalue weighted by molar-refractivity contribution is 7.89. The zero-order valence-corrected chi connectivity index (χ0v) is 26.4. The predicted octanol–water partition coefficient (Wildman–Crippen LogP) is 5.98. The molecule has 0 aliphatic heterocycles. The molecular weight excluding hydrogens is 604 g/mol. The summed E-state index contributed by atoms with van der Waals surface area (Å²) in [7, 11) is -2.67. The maximum atomic E-state index is 14.0. The molecule has 44 heavy (non-hydrogen) atoms. The Kier molecular flexibility index (Phi) is 10.8. The summed E-state index contributed by atoms with van der Waals surface area (Å²) in [6, 6.07) is 24.4. The van der Waals surface area contributed by atoms with Crippen LogP contribution < -0.4 is 4.74 Å². The lowest BCUT2D eigenvalue weighted by atomic mass is 10.2. The van der Waals surface area contributed by atoms with Crippen molar-refractivity contribution >= 4 is 33.2 Å². The summed E-state index contributed by atoms with van der Waals surface area (Å²) in [6.45, 7) is 4.31. The summed E-state index contributed by atoms with van der Waals surface area (Å²) < 4.78 is 36.0. The number of nitro groups is 1.